The van der Waals surface area contributed by atoms with Crippen molar-refractivity contribution in [2.45, 2.75) is 71.4 Å². The van der Waals surface area contributed by atoms with Crippen LogP contribution >= 0.6 is 0 Å². The molecule has 0 heterocycles. The SMILES string of the molecule is CCCCN(CCCC(C)(CO)NC)C(C)CC. The Kier molecular flexibility index (Phi) is 9.70. The number of aliphatic hydroxyl groups is 1. The molecule has 0 aromatic carbocycles. The number of unbranched alkanes of at least 4 members (excludes halogenated alkanes) is 1. The minimum absolute atomic E-state index is 0.119. The van der Waals surface area contributed by atoms with E-state index in [1.165, 1.54) is 25.8 Å². The van der Waals surface area contributed by atoms with Gasteiger partial charge in [-0.15, -0.1) is 0 Å². The number of rotatable bonds is 11. The van der Waals surface area contributed by atoms with Crippen LogP contribution in [-0.2, 0) is 0 Å². The maximum Gasteiger partial charge on any atom is 0.0610 e. The summed E-state index contributed by atoms with van der Waals surface area (Å²) in [7, 11) is 1.93. The maximum absolute atomic E-state index is 9.37. The zero-order chi connectivity index (χ0) is 14.0. The molecule has 3 nitrogen and oxygen atoms in total. The maximum atomic E-state index is 9.37. The quantitative estimate of drug-likeness (QED) is 0.598. The molecule has 0 aliphatic heterocycles. The topological polar surface area (TPSA) is 35.5 Å². The summed E-state index contributed by atoms with van der Waals surface area (Å²) < 4.78 is 0. The van der Waals surface area contributed by atoms with E-state index in [9.17, 15) is 5.11 Å². The predicted molar refractivity (Wildman–Crippen MR) is 80.0 cm³/mol. The molecule has 18 heavy (non-hydrogen) atoms. The molecular formula is C15H34N2O. The first-order chi connectivity index (χ1) is 8.52. The summed E-state index contributed by atoms with van der Waals surface area (Å²) in [5.74, 6) is 0. The van der Waals surface area contributed by atoms with E-state index in [4.69, 9.17) is 0 Å². The second kappa shape index (κ2) is 9.76. The van der Waals surface area contributed by atoms with Crippen LogP contribution in [0.1, 0.15) is 59.8 Å². The number of hydrogen-bond donors (Lipinski definition) is 2. The molecule has 0 aromatic heterocycles. The van der Waals surface area contributed by atoms with Gasteiger partial charge < -0.3 is 15.3 Å². The van der Waals surface area contributed by atoms with Gasteiger partial charge in [-0.1, -0.05) is 20.3 Å². The summed E-state index contributed by atoms with van der Waals surface area (Å²) in [4.78, 5) is 2.59. The Labute approximate surface area is 114 Å². The molecule has 2 atom stereocenters. The van der Waals surface area contributed by atoms with E-state index in [-0.39, 0.29) is 12.1 Å². The highest BCUT2D eigenvalue weighted by Crippen LogP contribution is 2.13. The zero-order valence-electron chi connectivity index (χ0n) is 13.1. The average Bonchev–Trinajstić information content (AvgIpc) is 2.41. The van der Waals surface area contributed by atoms with Crippen molar-refractivity contribution in [1.29, 1.82) is 0 Å². The molecule has 3 heteroatoms. The molecule has 0 fully saturated rings. The summed E-state index contributed by atoms with van der Waals surface area (Å²) in [6, 6.07) is 0.673. The first-order valence-electron chi connectivity index (χ1n) is 7.56. The predicted octanol–water partition coefficient (Wildman–Crippen LogP) is 2.64. The molecule has 0 saturated carbocycles. The molecule has 110 valence electrons. The highest BCUT2D eigenvalue weighted by atomic mass is 16.3. The van der Waals surface area contributed by atoms with Crippen LogP contribution in [0.4, 0.5) is 0 Å². The lowest BCUT2D eigenvalue weighted by atomic mass is 9.97. The van der Waals surface area contributed by atoms with Crippen molar-refractivity contribution in [2.75, 3.05) is 26.7 Å². The lowest BCUT2D eigenvalue weighted by Crippen LogP contribution is -2.44. The van der Waals surface area contributed by atoms with Crippen molar-refractivity contribution < 1.29 is 5.11 Å². The Morgan fingerprint density at radius 3 is 2.28 bits per heavy atom. The van der Waals surface area contributed by atoms with Crippen LogP contribution in [0.25, 0.3) is 0 Å². The minimum Gasteiger partial charge on any atom is -0.394 e. The van der Waals surface area contributed by atoms with E-state index in [1.807, 2.05) is 7.05 Å². The van der Waals surface area contributed by atoms with Crippen LogP contribution < -0.4 is 5.32 Å². The third-order valence-corrected chi connectivity index (χ3v) is 4.14. The summed E-state index contributed by atoms with van der Waals surface area (Å²) >= 11 is 0. The van der Waals surface area contributed by atoms with Gasteiger partial charge in [-0.2, -0.15) is 0 Å². The molecule has 0 saturated heterocycles. The van der Waals surface area contributed by atoms with Crippen molar-refractivity contribution in [3.05, 3.63) is 0 Å². The van der Waals surface area contributed by atoms with Gasteiger partial charge in [0.15, 0.2) is 0 Å². The van der Waals surface area contributed by atoms with Crippen LogP contribution in [0.5, 0.6) is 0 Å². The first-order valence-corrected chi connectivity index (χ1v) is 7.56. The molecule has 2 unspecified atom stereocenters. The van der Waals surface area contributed by atoms with E-state index in [1.54, 1.807) is 0 Å². The summed E-state index contributed by atoms with van der Waals surface area (Å²) in [5.41, 5.74) is -0.119. The Balaban J connectivity index is 4.09. The van der Waals surface area contributed by atoms with Crippen LogP contribution in [-0.4, -0.2) is 48.3 Å². The number of nitrogens with zero attached hydrogens (tertiary/aromatic N) is 1. The molecule has 0 rings (SSSR count). The van der Waals surface area contributed by atoms with Crippen molar-refractivity contribution in [3.8, 4) is 0 Å². The molecule has 0 bridgehead atoms. The number of hydrogen-bond acceptors (Lipinski definition) is 3. The lowest BCUT2D eigenvalue weighted by molar-refractivity contribution is 0.152. The van der Waals surface area contributed by atoms with Gasteiger partial charge in [-0.3, -0.25) is 0 Å². The largest absolute Gasteiger partial charge is 0.394 e. The van der Waals surface area contributed by atoms with Crippen molar-refractivity contribution in [1.82, 2.24) is 10.2 Å². The molecule has 0 amide bonds. The van der Waals surface area contributed by atoms with E-state index in [2.05, 4.69) is 37.9 Å². The molecule has 0 aromatic rings. The van der Waals surface area contributed by atoms with Gasteiger partial charge in [-0.05, 0) is 59.7 Å². The monoisotopic (exact) mass is 258 g/mol. The van der Waals surface area contributed by atoms with Crippen LogP contribution in [0.15, 0.2) is 0 Å². The number of aliphatic hydroxyl groups excluding tert-OH is 1. The zero-order valence-corrected chi connectivity index (χ0v) is 13.1. The van der Waals surface area contributed by atoms with Gasteiger partial charge in [0.05, 0.1) is 6.61 Å². The average molecular weight is 258 g/mol. The first kappa shape index (κ1) is 17.9. The Bertz CT molecular complexity index is 193. The fourth-order valence-corrected chi connectivity index (χ4v) is 2.13. The standard InChI is InChI=1S/C15H34N2O/c1-6-8-11-17(14(3)7-2)12-9-10-15(4,13-18)16-5/h14,16,18H,6-13H2,1-5H3. The fraction of sp³-hybridized carbons (Fsp3) is 1.00. The third kappa shape index (κ3) is 6.72. The Hall–Kier alpha value is -0.120. The van der Waals surface area contributed by atoms with Gasteiger partial charge >= 0.3 is 0 Å². The van der Waals surface area contributed by atoms with Gasteiger partial charge in [0.2, 0.25) is 0 Å². The second-order valence-corrected chi connectivity index (χ2v) is 5.72. The minimum atomic E-state index is -0.119. The summed E-state index contributed by atoms with van der Waals surface area (Å²) in [5, 5.41) is 12.6. The van der Waals surface area contributed by atoms with Gasteiger partial charge in [0.25, 0.3) is 0 Å². The fourth-order valence-electron chi connectivity index (χ4n) is 2.13. The highest BCUT2D eigenvalue weighted by Gasteiger charge is 2.21. The lowest BCUT2D eigenvalue weighted by Gasteiger charge is -2.31. The van der Waals surface area contributed by atoms with Crippen LogP contribution in [0.3, 0.4) is 0 Å². The van der Waals surface area contributed by atoms with Gasteiger partial charge in [0.1, 0.15) is 0 Å². The summed E-state index contributed by atoms with van der Waals surface area (Å²) in [6.45, 7) is 11.5. The Morgan fingerprint density at radius 1 is 1.22 bits per heavy atom. The molecule has 0 aliphatic carbocycles. The molecular weight excluding hydrogens is 224 g/mol. The summed E-state index contributed by atoms with van der Waals surface area (Å²) in [6.07, 6.45) is 5.93. The number of likely N-dealkylation sites (N-methyl/N-ethyl adjacent to an activating group) is 1. The second-order valence-electron chi connectivity index (χ2n) is 5.72. The smallest absolute Gasteiger partial charge is 0.0610 e. The van der Waals surface area contributed by atoms with Crippen molar-refractivity contribution >= 4 is 0 Å². The van der Waals surface area contributed by atoms with Gasteiger partial charge in [-0.25, -0.2) is 0 Å². The molecule has 0 spiro atoms. The van der Waals surface area contributed by atoms with E-state index in [0.717, 1.165) is 19.4 Å². The third-order valence-electron chi connectivity index (χ3n) is 4.14. The van der Waals surface area contributed by atoms with E-state index < -0.39 is 0 Å². The molecule has 0 radical (unpaired) electrons. The highest BCUT2D eigenvalue weighted by molar-refractivity contribution is 4.81. The van der Waals surface area contributed by atoms with Crippen molar-refractivity contribution in [3.63, 3.8) is 0 Å². The normalized spacial score (nSPS) is 16.8. The molecule has 2 N–H and O–H groups in total. The van der Waals surface area contributed by atoms with Crippen molar-refractivity contribution in [2.24, 2.45) is 0 Å². The van der Waals surface area contributed by atoms with Gasteiger partial charge in [0, 0.05) is 11.6 Å². The number of nitrogens with one attached hydrogen (secondary N) is 1. The van der Waals surface area contributed by atoms with E-state index >= 15 is 0 Å². The van der Waals surface area contributed by atoms with Crippen LogP contribution in [0, 0.1) is 0 Å². The Morgan fingerprint density at radius 2 is 1.83 bits per heavy atom. The van der Waals surface area contributed by atoms with Crippen LogP contribution in [0.2, 0.25) is 0 Å². The van der Waals surface area contributed by atoms with E-state index in [0.29, 0.717) is 6.04 Å². The molecule has 0 aliphatic rings.